The highest BCUT2D eigenvalue weighted by atomic mass is 32.2. The van der Waals surface area contributed by atoms with E-state index in [-0.39, 0.29) is 5.56 Å². The van der Waals surface area contributed by atoms with Crippen LogP contribution in [0.1, 0.15) is 35.8 Å². The minimum atomic E-state index is 0.130. The largest absolute Gasteiger partial charge is 0.301 e. The summed E-state index contributed by atoms with van der Waals surface area (Å²) in [6.07, 6.45) is 3.23. The van der Waals surface area contributed by atoms with Crippen LogP contribution in [0, 0.1) is 0 Å². The Morgan fingerprint density at radius 3 is 2.85 bits per heavy atom. The summed E-state index contributed by atoms with van der Waals surface area (Å²) in [6.45, 7) is 4.70. The molecule has 27 heavy (non-hydrogen) atoms. The molecule has 0 aliphatic carbocycles. The molecule has 1 aliphatic rings. The van der Waals surface area contributed by atoms with Crippen LogP contribution in [0.25, 0.3) is 10.2 Å². The summed E-state index contributed by atoms with van der Waals surface area (Å²) in [7, 11) is 2.14. The summed E-state index contributed by atoms with van der Waals surface area (Å²) in [5.41, 5.74) is 2.50. The van der Waals surface area contributed by atoms with Gasteiger partial charge in [-0.05, 0) is 31.0 Å². The Labute approximate surface area is 168 Å². The van der Waals surface area contributed by atoms with Gasteiger partial charge >= 0.3 is 0 Å². The van der Waals surface area contributed by atoms with Crippen molar-refractivity contribution in [2.24, 2.45) is 0 Å². The number of aromatic nitrogens is 2. The molecule has 1 aliphatic heterocycles. The minimum Gasteiger partial charge on any atom is -0.301 e. The van der Waals surface area contributed by atoms with E-state index in [1.54, 1.807) is 23.1 Å². The summed E-state index contributed by atoms with van der Waals surface area (Å²) in [5, 5.41) is 1.72. The van der Waals surface area contributed by atoms with Crippen molar-refractivity contribution in [3.63, 3.8) is 0 Å². The third-order valence-electron chi connectivity index (χ3n) is 5.03. The van der Waals surface area contributed by atoms with Crippen LogP contribution in [0.15, 0.2) is 40.3 Å². The molecule has 0 radical (unpaired) electrons. The maximum absolute atomic E-state index is 13.5. The van der Waals surface area contributed by atoms with Crippen LogP contribution >= 0.6 is 23.1 Å². The third-order valence-corrected chi connectivity index (χ3v) is 7.20. The molecule has 0 amide bonds. The number of thiophene rings is 1. The first-order chi connectivity index (χ1) is 13.2. The van der Waals surface area contributed by atoms with Crippen LogP contribution in [-0.2, 0) is 19.5 Å². The van der Waals surface area contributed by atoms with Gasteiger partial charge in [0, 0.05) is 23.7 Å². The Kier molecular flexibility index (Phi) is 5.66. The fourth-order valence-corrected chi connectivity index (χ4v) is 5.93. The normalized spacial score (nSPS) is 14.6. The second-order valence-corrected chi connectivity index (χ2v) is 9.29. The lowest BCUT2D eigenvalue weighted by Gasteiger charge is -2.21. The average Bonchev–Trinajstić information content (AvgIpc) is 3.03. The lowest BCUT2D eigenvalue weighted by atomic mass is 10.1. The van der Waals surface area contributed by atoms with Gasteiger partial charge in [-0.15, -0.1) is 11.3 Å². The van der Waals surface area contributed by atoms with Gasteiger partial charge in [-0.3, -0.25) is 9.36 Å². The monoisotopic (exact) mass is 399 g/mol. The van der Waals surface area contributed by atoms with E-state index in [0.29, 0.717) is 6.54 Å². The maximum Gasteiger partial charge on any atom is 0.263 e. The van der Waals surface area contributed by atoms with Gasteiger partial charge in [0.1, 0.15) is 4.83 Å². The Balaban J connectivity index is 1.83. The number of benzene rings is 1. The Hall–Kier alpha value is -1.63. The SMILES string of the molecule is CCCCSc1nc2sc3c(c2c(=O)n1Cc1ccccc1)CCN(C)C3. The van der Waals surface area contributed by atoms with Gasteiger partial charge in [-0.2, -0.15) is 0 Å². The molecule has 142 valence electrons. The van der Waals surface area contributed by atoms with Gasteiger partial charge in [0.05, 0.1) is 11.9 Å². The Bertz CT molecular complexity index is 994. The van der Waals surface area contributed by atoms with Gasteiger partial charge < -0.3 is 4.90 Å². The van der Waals surface area contributed by atoms with E-state index in [2.05, 4.69) is 31.0 Å². The van der Waals surface area contributed by atoms with Gasteiger partial charge in [-0.25, -0.2) is 4.98 Å². The first-order valence-electron chi connectivity index (χ1n) is 9.57. The minimum absolute atomic E-state index is 0.130. The average molecular weight is 400 g/mol. The highest BCUT2D eigenvalue weighted by Crippen LogP contribution is 2.33. The molecule has 0 spiro atoms. The lowest BCUT2D eigenvalue weighted by Crippen LogP contribution is -2.27. The number of nitrogens with zero attached hydrogens (tertiary/aromatic N) is 3. The number of hydrogen-bond acceptors (Lipinski definition) is 5. The van der Waals surface area contributed by atoms with Crippen LogP contribution in [0.2, 0.25) is 0 Å². The van der Waals surface area contributed by atoms with E-state index in [1.165, 1.54) is 10.4 Å². The predicted octanol–water partition coefficient (Wildman–Crippen LogP) is 4.39. The second kappa shape index (κ2) is 8.17. The first-order valence-corrected chi connectivity index (χ1v) is 11.4. The molecule has 0 N–H and O–H groups in total. The lowest BCUT2D eigenvalue weighted by molar-refractivity contribution is 0.318. The van der Waals surface area contributed by atoms with Crippen LogP contribution in [0.3, 0.4) is 0 Å². The highest BCUT2D eigenvalue weighted by Gasteiger charge is 2.24. The molecule has 6 heteroatoms. The van der Waals surface area contributed by atoms with Crippen LogP contribution in [0.4, 0.5) is 0 Å². The zero-order chi connectivity index (χ0) is 18.8. The highest BCUT2D eigenvalue weighted by molar-refractivity contribution is 7.99. The molecule has 3 aromatic rings. The number of rotatable bonds is 6. The van der Waals surface area contributed by atoms with E-state index in [4.69, 9.17) is 4.98 Å². The van der Waals surface area contributed by atoms with Crippen molar-refractivity contribution in [2.45, 2.75) is 44.4 Å². The molecule has 4 nitrogen and oxygen atoms in total. The van der Waals surface area contributed by atoms with Crippen molar-refractivity contribution < 1.29 is 0 Å². The molecule has 4 rings (SSSR count). The topological polar surface area (TPSA) is 38.1 Å². The number of unbranched alkanes of at least 4 members (excludes halogenated alkanes) is 1. The van der Waals surface area contributed by atoms with Crippen molar-refractivity contribution in [2.75, 3.05) is 19.3 Å². The van der Waals surface area contributed by atoms with E-state index in [0.717, 1.165) is 59.0 Å². The third kappa shape index (κ3) is 3.84. The Morgan fingerprint density at radius 2 is 2.07 bits per heavy atom. The van der Waals surface area contributed by atoms with E-state index < -0.39 is 0 Å². The van der Waals surface area contributed by atoms with E-state index in [9.17, 15) is 4.79 Å². The summed E-state index contributed by atoms with van der Waals surface area (Å²) < 4.78 is 1.89. The van der Waals surface area contributed by atoms with Crippen LogP contribution in [-0.4, -0.2) is 33.8 Å². The van der Waals surface area contributed by atoms with Crippen molar-refractivity contribution in [1.82, 2.24) is 14.5 Å². The molecule has 0 unspecified atom stereocenters. The summed E-state index contributed by atoms with van der Waals surface area (Å²) in [4.78, 5) is 23.0. The molecule has 1 aromatic carbocycles. The van der Waals surface area contributed by atoms with Crippen LogP contribution in [0.5, 0.6) is 0 Å². The zero-order valence-corrected chi connectivity index (χ0v) is 17.5. The number of fused-ring (bicyclic) bond motifs is 3. The summed E-state index contributed by atoms with van der Waals surface area (Å²) in [5.74, 6) is 0.997. The second-order valence-electron chi connectivity index (χ2n) is 7.15. The fraction of sp³-hybridized carbons (Fsp3) is 0.429. The van der Waals surface area contributed by atoms with Gasteiger partial charge in [0.2, 0.25) is 0 Å². The molecular formula is C21H25N3OS2. The van der Waals surface area contributed by atoms with Gasteiger partial charge in [0.25, 0.3) is 5.56 Å². The molecule has 0 saturated heterocycles. The van der Waals surface area contributed by atoms with Gasteiger partial charge in [-0.1, -0.05) is 55.4 Å². The quantitative estimate of drug-likeness (QED) is 0.350. The van der Waals surface area contributed by atoms with Crippen molar-refractivity contribution in [1.29, 1.82) is 0 Å². The van der Waals surface area contributed by atoms with Gasteiger partial charge in [0.15, 0.2) is 5.16 Å². The number of hydrogen-bond donors (Lipinski definition) is 0. The molecule has 0 bridgehead atoms. The van der Waals surface area contributed by atoms with Crippen LogP contribution < -0.4 is 5.56 Å². The van der Waals surface area contributed by atoms with Crippen molar-refractivity contribution in [3.8, 4) is 0 Å². The standard InChI is InChI=1S/C21H25N3OS2/c1-3-4-12-26-21-22-19-18(16-10-11-23(2)14-17(16)27-19)20(25)24(21)13-15-8-6-5-7-9-15/h5-9H,3-4,10-14H2,1-2H3. The van der Waals surface area contributed by atoms with Crippen molar-refractivity contribution >= 4 is 33.3 Å². The van der Waals surface area contributed by atoms with Crippen molar-refractivity contribution in [3.05, 3.63) is 56.7 Å². The molecular weight excluding hydrogens is 374 g/mol. The predicted molar refractivity (Wildman–Crippen MR) is 115 cm³/mol. The molecule has 2 aromatic heterocycles. The smallest absolute Gasteiger partial charge is 0.263 e. The summed E-state index contributed by atoms with van der Waals surface area (Å²) in [6, 6.07) is 10.2. The maximum atomic E-state index is 13.5. The van der Waals surface area contributed by atoms with E-state index >= 15 is 0 Å². The molecule has 0 fully saturated rings. The Morgan fingerprint density at radius 1 is 1.26 bits per heavy atom. The fourth-order valence-electron chi connectivity index (χ4n) is 3.51. The zero-order valence-electron chi connectivity index (χ0n) is 15.9. The number of likely N-dealkylation sites (N-methyl/N-ethyl adjacent to an activating group) is 1. The molecule has 0 atom stereocenters. The van der Waals surface area contributed by atoms with E-state index in [1.807, 2.05) is 22.8 Å². The molecule has 0 saturated carbocycles. The number of thioether (sulfide) groups is 1. The summed E-state index contributed by atoms with van der Waals surface area (Å²) >= 11 is 3.42. The first kappa shape index (κ1) is 18.7. The molecule has 3 heterocycles.